The molecule has 0 spiro atoms. The van der Waals surface area contributed by atoms with Crippen LogP contribution in [-0.4, -0.2) is 76.3 Å². The first kappa shape index (κ1) is 30.8. The lowest BCUT2D eigenvalue weighted by atomic mass is 10.1. The van der Waals surface area contributed by atoms with E-state index in [4.69, 9.17) is 26.2 Å². The minimum absolute atomic E-state index is 0.0743. The molecule has 1 aromatic carbocycles. The first-order valence-corrected chi connectivity index (χ1v) is 11.5. The van der Waals surface area contributed by atoms with Gasteiger partial charge in [0.1, 0.15) is 11.9 Å². The number of aromatic amines is 2. The van der Waals surface area contributed by atoms with Gasteiger partial charge < -0.3 is 31.1 Å². The van der Waals surface area contributed by atoms with Gasteiger partial charge in [-0.25, -0.2) is 20.7 Å². The number of rotatable bonds is 14. The van der Waals surface area contributed by atoms with Crippen molar-refractivity contribution in [3.63, 3.8) is 0 Å². The number of nitrogens with zero attached hydrogens (tertiary/aromatic N) is 4. The molecule has 0 fully saturated rings. The number of carbonyl (C=O) groups is 4. The van der Waals surface area contributed by atoms with Crippen molar-refractivity contribution in [2.24, 2.45) is 10.3 Å². The Bertz CT molecular complexity index is 1410. The number of anilines is 1. The van der Waals surface area contributed by atoms with Crippen LogP contribution in [-0.2, 0) is 25.6 Å². The number of aromatic nitrogens is 4. The second-order valence-corrected chi connectivity index (χ2v) is 8.08. The number of imidazole rings is 1. The number of nitrogens with two attached hydrogens (primary N) is 1. The van der Waals surface area contributed by atoms with Gasteiger partial charge in [0.05, 0.1) is 0 Å². The van der Waals surface area contributed by atoms with Crippen molar-refractivity contribution in [1.29, 1.82) is 0 Å². The molecular weight excluding hydrogens is 534 g/mol. The zero-order valence-corrected chi connectivity index (χ0v) is 20.8. The fourth-order valence-electron chi connectivity index (χ4n) is 3.07. The van der Waals surface area contributed by atoms with Crippen molar-refractivity contribution in [3.05, 3.63) is 52.1 Å². The number of benzene rings is 1. The quantitative estimate of drug-likeness (QED) is 0.0917. The predicted octanol–water partition coefficient (Wildman–Crippen LogP) is -0.0970. The summed E-state index contributed by atoms with van der Waals surface area (Å²) in [6.07, 6.45) is -0.693. The van der Waals surface area contributed by atoms with Crippen LogP contribution in [0, 0.1) is 0 Å². The van der Waals surface area contributed by atoms with Crippen LogP contribution in [0.15, 0.2) is 45.5 Å². The number of nitrogen functional groups attached to an aromatic ring is 1. The Morgan fingerprint density at radius 3 is 2.17 bits per heavy atom. The van der Waals surface area contributed by atoms with E-state index in [0.29, 0.717) is 23.4 Å². The van der Waals surface area contributed by atoms with E-state index in [1.807, 2.05) is 35.9 Å². The van der Waals surface area contributed by atoms with Gasteiger partial charge in [-0.1, -0.05) is 35.6 Å². The zero-order valence-electron chi connectivity index (χ0n) is 20.8. The zero-order chi connectivity index (χ0) is 29.7. The van der Waals surface area contributed by atoms with E-state index in [2.05, 4.69) is 35.7 Å². The maximum Gasteiger partial charge on any atom is 0.330 e. The summed E-state index contributed by atoms with van der Waals surface area (Å²) in [4.78, 5) is 67.5. The number of hydrazine groups is 1. The largest absolute Gasteiger partial charge is 0.481 e. The van der Waals surface area contributed by atoms with Crippen LogP contribution >= 0.6 is 0 Å². The lowest BCUT2D eigenvalue weighted by Gasteiger charge is -2.12. The molecule has 0 amide bonds. The van der Waals surface area contributed by atoms with Crippen molar-refractivity contribution in [1.82, 2.24) is 30.9 Å². The third-order valence-corrected chi connectivity index (χ3v) is 4.99. The van der Waals surface area contributed by atoms with E-state index in [-0.39, 0.29) is 30.8 Å². The highest BCUT2D eigenvalue weighted by atomic mass is 16.4. The minimum atomic E-state index is -1.40. The molecule has 10 N–H and O–H groups in total. The Morgan fingerprint density at radius 1 is 0.925 bits per heavy atom. The number of H-pyrrole nitrogens is 2. The molecular formula is C22H27N9O9. The number of hydrogen-bond donors (Lipinski definition) is 9. The predicted molar refractivity (Wildman–Crippen MR) is 136 cm³/mol. The normalized spacial score (nSPS) is 12.3. The fraction of sp³-hybridized carbons (Fsp3) is 0.318. The maximum atomic E-state index is 11.6. The van der Waals surface area contributed by atoms with Crippen LogP contribution in [0.25, 0.3) is 11.2 Å². The number of carboxylic acid groups (broad SMARTS) is 4. The number of hydrogen-bond acceptors (Lipinski definition) is 11. The summed E-state index contributed by atoms with van der Waals surface area (Å²) < 4.78 is 0. The fourth-order valence-corrected chi connectivity index (χ4v) is 3.07. The molecule has 18 heteroatoms. The number of carboxylic acids is 4. The van der Waals surface area contributed by atoms with Crippen molar-refractivity contribution in [3.8, 4) is 0 Å². The molecule has 0 unspecified atom stereocenters. The first-order chi connectivity index (χ1) is 19.0. The van der Waals surface area contributed by atoms with Gasteiger partial charge in [-0.3, -0.25) is 24.2 Å². The van der Waals surface area contributed by atoms with E-state index < -0.39 is 42.4 Å². The van der Waals surface area contributed by atoms with Gasteiger partial charge in [-0.05, 0) is 18.4 Å². The lowest BCUT2D eigenvalue weighted by Crippen LogP contribution is -2.43. The first-order valence-electron chi connectivity index (χ1n) is 11.5. The number of aliphatic carboxylic acids is 4. The Morgan fingerprint density at radius 2 is 1.57 bits per heavy atom. The standard InChI is InChI=1S/C12H11N5O.C10H16N4O8/c13-12-16-10-9(11(18)17-12)14-8(15-10)6-7-4-2-1-3-5-7;15-7(16)3-1-5(9(19)20)11-13-14-12-6(10(21)22)2-4-8(17)18/h1-5H,6H2,(H4,13,14,15,16,17,18);5-6H,1-4H2,(H,11,14)(H,12,13)(H,15,16)(H,17,18)(H,19,20)(H,21,22)/t;5-,6-/m.0/s1. The van der Waals surface area contributed by atoms with Crippen molar-refractivity contribution in [2.45, 2.75) is 44.2 Å². The number of fused-ring (bicyclic) bond motifs is 1. The third-order valence-electron chi connectivity index (χ3n) is 4.99. The van der Waals surface area contributed by atoms with Gasteiger partial charge in [0, 0.05) is 19.3 Å². The molecule has 3 rings (SSSR count). The summed E-state index contributed by atoms with van der Waals surface area (Å²) in [5, 5.41) is 41.0. The molecule has 0 aliphatic rings. The Hall–Kier alpha value is -5.39. The minimum Gasteiger partial charge on any atom is -0.481 e. The molecule has 40 heavy (non-hydrogen) atoms. The highest BCUT2D eigenvalue weighted by molar-refractivity contribution is 5.75. The molecule has 0 aliphatic carbocycles. The molecule has 2 aromatic heterocycles. The average Bonchev–Trinajstić information content (AvgIpc) is 3.28. The average molecular weight is 562 g/mol. The van der Waals surface area contributed by atoms with Crippen LogP contribution in [0.5, 0.6) is 0 Å². The van der Waals surface area contributed by atoms with Gasteiger partial charge in [0.25, 0.3) is 5.56 Å². The Kier molecular flexibility index (Phi) is 11.7. The lowest BCUT2D eigenvalue weighted by molar-refractivity contribution is -0.142. The molecule has 2 atom stereocenters. The summed E-state index contributed by atoms with van der Waals surface area (Å²) in [5.41, 5.74) is 11.1. The molecule has 0 aliphatic heterocycles. The summed E-state index contributed by atoms with van der Waals surface area (Å²) in [5.74, 6) is -4.30. The SMILES string of the molecule is Nc1nc2nc(Cc3ccccc3)[nH]c2c(=O)[nH]1.O=C(O)CC[C@H](N=NNN[C@@H](CCC(=O)O)C(=O)O)C(=O)O. The molecule has 3 aromatic rings. The van der Waals surface area contributed by atoms with Gasteiger partial charge in [-0.15, -0.1) is 0 Å². The van der Waals surface area contributed by atoms with Gasteiger partial charge in [0.2, 0.25) is 5.95 Å². The topological polar surface area (TPSA) is 298 Å². The third kappa shape index (κ3) is 10.5. The van der Waals surface area contributed by atoms with E-state index in [0.717, 1.165) is 5.56 Å². The van der Waals surface area contributed by atoms with Gasteiger partial charge in [-0.2, -0.15) is 10.1 Å². The van der Waals surface area contributed by atoms with Gasteiger partial charge >= 0.3 is 23.9 Å². The van der Waals surface area contributed by atoms with Crippen molar-refractivity contribution in [2.75, 3.05) is 5.73 Å². The molecule has 214 valence electrons. The van der Waals surface area contributed by atoms with E-state index in [1.54, 1.807) is 0 Å². The monoisotopic (exact) mass is 561 g/mol. The molecule has 0 bridgehead atoms. The second-order valence-electron chi connectivity index (χ2n) is 8.08. The molecule has 0 saturated carbocycles. The van der Waals surface area contributed by atoms with Crippen molar-refractivity contribution >= 4 is 41.0 Å². The highest BCUT2D eigenvalue weighted by Gasteiger charge is 2.19. The summed E-state index contributed by atoms with van der Waals surface area (Å²) >= 11 is 0. The van der Waals surface area contributed by atoms with Crippen LogP contribution in [0.4, 0.5) is 5.95 Å². The molecule has 2 heterocycles. The van der Waals surface area contributed by atoms with Crippen molar-refractivity contribution < 1.29 is 39.6 Å². The van der Waals surface area contributed by atoms with E-state index in [9.17, 15) is 24.0 Å². The highest BCUT2D eigenvalue weighted by Crippen LogP contribution is 2.10. The summed E-state index contributed by atoms with van der Waals surface area (Å²) in [6.45, 7) is 0. The smallest absolute Gasteiger partial charge is 0.330 e. The van der Waals surface area contributed by atoms with Gasteiger partial charge in [0.15, 0.2) is 17.2 Å². The van der Waals surface area contributed by atoms with Crippen LogP contribution in [0.2, 0.25) is 0 Å². The summed E-state index contributed by atoms with van der Waals surface area (Å²) in [6, 6.07) is 7.21. The molecule has 18 nitrogen and oxygen atoms in total. The second kappa shape index (κ2) is 15.1. The molecule has 0 radical (unpaired) electrons. The number of nitrogens with one attached hydrogen (secondary N) is 4. The van der Waals surface area contributed by atoms with E-state index in [1.165, 1.54) is 0 Å². The maximum absolute atomic E-state index is 11.6. The Labute approximate surface area is 224 Å². The summed E-state index contributed by atoms with van der Waals surface area (Å²) in [7, 11) is 0. The Balaban J connectivity index is 0.000000284. The molecule has 0 saturated heterocycles. The van der Waals surface area contributed by atoms with Crippen LogP contribution in [0.3, 0.4) is 0 Å². The van der Waals surface area contributed by atoms with Crippen LogP contribution < -0.4 is 22.3 Å². The van der Waals surface area contributed by atoms with Crippen LogP contribution in [0.1, 0.15) is 37.1 Å². The van der Waals surface area contributed by atoms with E-state index >= 15 is 0 Å².